The van der Waals surface area contributed by atoms with Crippen LogP contribution >= 0.6 is 27.5 Å². The summed E-state index contributed by atoms with van der Waals surface area (Å²) in [5.41, 5.74) is 0.916. The van der Waals surface area contributed by atoms with E-state index in [0.717, 1.165) is 11.3 Å². The Morgan fingerprint density at radius 1 is 1.22 bits per heavy atom. The standard InChI is InChI=1S/C19H17BrClNO5/c20-14-9-12(21)5-6-17(14)26-11-19(24)27-10-18(23)22-15-7-8-25-16-4-2-1-3-13(15)16/h1-6,9,15H,7-8,10-11H2,(H,22,23). The van der Waals surface area contributed by atoms with Crippen LogP contribution in [0.2, 0.25) is 5.02 Å². The Morgan fingerprint density at radius 2 is 2.04 bits per heavy atom. The van der Waals surface area contributed by atoms with Crippen molar-refractivity contribution in [3.8, 4) is 11.5 Å². The third-order valence-corrected chi connectivity index (χ3v) is 4.75. The van der Waals surface area contributed by atoms with E-state index >= 15 is 0 Å². The summed E-state index contributed by atoms with van der Waals surface area (Å²) in [7, 11) is 0. The minimum atomic E-state index is -0.639. The molecule has 0 saturated heterocycles. The number of benzene rings is 2. The number of hydrogen-bond acceptors (Lipinski definition) is 5. The Labute approximate surface area is 169 Å². The molecule has 1 aliphatic heterocycles. The summed E-state index contributed by atoms with van der Waals surface area (Å²) < 4.78 is 16.5. The molecule has 1 aliphatic rings. The first kappa shape index (κ1) is 19.5. The van der Waals surface area contributed by atoms with E-state index in [-0.39, 0.29) is 25.2 Å². The molecule has 2 aromatic carbocycles. The zero-order valence-electron chi connectivity index (χ0n) is 14.2. The van der Waals surface area contributed by atoms with Crippen LogP contribution < -0.4 is 14.8 Å². The molecule has 0 radical (unpaired) electrons. The number of rotatable bonds is 6. The molecular formula is C19H17BrClNO5. The smallest absolute Gasteiger partial charge is 0.344 e. The Morgan fingerprint density at radius 3 is 2.85 bits per heavy atom. The van der Waals surface area contributed by atoms with Crippen LogP contribution in [0.25, 0.3) is 0 Å². The maximum Gasteiger partial charge on any atom is 0.344 e. The van der Waals surface area contributed by atoms with Gasteiger partial charge in [0.1, 0.15) is 11.5 Å². The molecule has 0 saturated carbocycles. The van der Waals surface area contributed by atoms with Gasteiger partial charge in [-0.15, -0.1) is 0 Å². The predicted octanol–water partition coefficient (Wildman–Crippen LogP) is 3.66. The van der Waals surface area contributed by atoms with Crippen molar-refractivity contribution in [1.29, 1.82) is 0 Å². The highest BCUT2D eigenvalue weighted by Gasteiger charge is 2.23. The molecule has 1 N–H and O–H groups in total. The summed E-state index contributed by atoms with van der Waals surface area (Å²) >= 11 is 9.14. The number of carbonyl (C=O) groups excluding carboxylic acids is 2. The van der Waals surface area contributed by atoms with Gasteiger partial charge in [0.15, 0.2) is 13.2 Å². The molecule has 1 heterocycles. The second kappa shape index (κ2) is 9.10. The third kappa shape index (κ3) is 5.37. The van der Waals surface area contributed by atoms with Crippen LogP contribution in [0.1, 0.15) is 18.0 Å². The van der Waals surface area contributed by atoms with Crippen LogP contribution in [0, 0.1) is 0 Å². The number of halogens is 2. The molecule has 3 rings (SSSR count). The summed E-state index contributed by atoms with van der Waals surface area (Å²) in [4.78, 5) is 23.9. The summed E-state index contributed by atoms with van der Waals surface area (Å²) in [5.74, 6) is 0.199. The van der Waals surface area contributed by atoms with Crippen molar-refractivity contribution in [3.63, 3.8) is 0 Å². The van der Waals surface area contributed by atoms with Crippen molar-refractivity contribution in [2.24, 2.45) is 0 Å². The number of nitrogens with one attached hydrogen (secondary N) is 1. The van der Waals surface area contributed by atoms with E-state index in [1.54, 1.807) is 18.2 Å². The van der Waals surface area contributed by atoms with Crippen LogP contribution in [0.15, 0.2) is 46.9 Å². The van der Waals surface area contributed by atoms with E-state index in [0.29, 0.717) is 28.3 Å². The number of hydrogen-bond donors (Lipinski definition) is 1. The molecule has 2 aromatic rings. The second-order valence-electron chi connectivity index (χ2n) is 5.82. The van der Waals surface area contributed by atoms with Crippen molar-refractivity contribution in [2.75, 3.05) is 19.8 Å². The maximum atomic E-state index is 12.1. The molecule has 0 spiro atoms. The van der Waals surface area contributed by atoms with Gasteiger partial charge in [0, 0.05) is 17.0 Å². The Kier molecular flexibility index (Phi) is 6.58. The number of amides is 1. The number of carbonyl (C=O) groups is 2. The quantitative estimate of drug-likeness (QED) is 0.674. The summed E-state index contributed by atoms with van der Waals surface area (Å²) in [5, 5.41) is 3.41. The van der Waals surface area contributed by atoms with E-state index < -0.39 is 5.97 Å². The van der Waals surface area contributed by atoms with E-state index in [1.165, 1.54) is 0 Å². The van der Waals surface area contributed by atoms with Gasteiger partial charge in [-0.3, -0.25) is 4.79 Å². The lowest BCUT2D eigenvalue weighted by Crippen LogP contribution is -2.35. The number of para-hydroxylation sites is 1. The molecule has 0 fully saturated rings. The first-order valence-electron chi connectivity index (χ1n) is 8.27. The lowest BCUT2D eigenvalue weighted by molar-refractivity contribution is -0.150. The lowest BCUT2D eigenvalue weighted by atomic mass is 10.0. The van der Waals surface area contributed by atoms with E-state index in [4.69, 9.17) is 25.8 Å². The van der Waals surface area contributed by atoms with Crippen molar-refractivity contribution < 1.29 is 23.8 Å². The molecule has 1 unspecified atom stereocenters. The molecule has 142 valence electrons. The van der Waals surface area contributed by atoms with E-state index in [9.17, 15) is 9.59 Å². The molecule has 1 atom stereocenters. The van der Waals surface area contributed by atoms with Gasteiger partial charge < -0.3 is 19.5 Å². The highest BCUT2D eigenvalue weighted by molar-refractivity contribution is 9.10. The van der Waals surface area contributed by atoms with E-state index in [1.807, 2.05) is 24.3 Å². The van der Waals surface area contributed by atoms with Gasteiger partial charge in [0.2, 0.25) is 0 Å². The number of ether oxygens (including phenoxy) is 3. The van der Waals surface area contributed by atoms with Gasteiger partial charge in [-0.25, -0.2) is 4.79 Å². The van der Waals surface area contributed by atoms with Crippen molar-refractivity contribution in [2.45, 2.75) is 12.5 Å². The minimum absolute atomic E-state index is 0.164. The predicted molar refractivity (Wildman–Crippen MR) is 103 cm³/mol. The zero-order valence-corrected chi connectivity index (χ0v) is 16.6. The Bertz CT molecular complexity index is 845. The zero-order chi connectivity index (χ0) is 19.2. The maximum absolute atomic E-state index is 12.1. The average Bonchev–Trinajstić information content (AvgIpc) is 2.66. The van der Waals surface area contributed by atoms with Gasteiger partial charge in [-0.05, 0) is 40.2 Å². The normalized spacial score (nSPS) is 15.3. The molecule has 27 heavy (non-hydrogen) atoms. The number of fused-ring (bicyclic) bond motifs is 1. The van der Waals surface area contributed by atoms with Gasteiger partial charge in [0.05, 0.1) is 17.1 Å². The van der Waals surface area contributed by atoms with Crippen molar-refractivity contribution in [3.05, 3.63) is 57.5 Å². The number of esters is 1. The SMILES string of the molecule is O=C(COC(=O)COc1ccc(Cl)cc1Br)NC1CCOc2ccccc21. The first-order valence-corrected chi connectivity index (χ1v) is 9.44. The fourth-order valence-electron chi connectivity index (χ4n) is 2.64. The minimum Gasteiger partial charge on any atom is -0.493 e. The molecular weight excluding hydrogens is 438 g/mol. The average molecular weight is 455 g/mol. The monoisotopic (exact) mass is 453 g/mol. The van der Waals surface area contributed by atoms with E-state index in [2.05, 4.69) is 21.2 Å². The fourth-order valence-corrected chi connectivity index (χ4v) is 3.44. The summed E-state index contributed by atoms with van der Waals surface area (Å²) in [6, 6.07) is 12.3. The molecule has 0 bridgehead atoms. The molecule has 8 heteroatoms. The Balaban J connectivity index is 1.45. The molecule has 6 nitrogen and oxygen atoms in total. The van der Waals surface area contributed by atoms with Crippen LogP contribution in [0.5, 0.6) is 11.5 Å². The highest BCUT2D eigenvalue weighted by atomic mass is 79.9. The van der Waals surface area contributed by atoms with Crippen molar-refractivity contribution >= 4 is 39.4 Å². The van der Waals surface area contributed by atoms with Gasteiger partial charge in [0.25, 0.3) is 5.91 Å². The highest BCUT2D eigenvalue weighted by Crippen LogP contribution is 2.31. The van der Waals surface area contributed by atoms with Crippen LogP contribution in [0.3, 0.4) is 0 Å². The fraction of sp³-hybridized carbons (Fsp3) is 0.263. The molecule has 0 aliphatic carbocycles. The lowest BCUT2D eigenvalue weighted by Gasteiger charge is -2.26. The van der Waals surface area contributed by atoms with Gasteiger partial charge >= 0.3 is 5.97 Å². The van der Waals surface area contributed by atoms with Crippen LogP contribution in [-0.4, -0.2) is 31.7 Å². The van der Waals surface area contributed by atoms with Gasteiger partial charge in [-0.2, -0.15) is 0 Å². The topological polar surface area (TPSA) is 73.9 Å². The van der Waals surface area contributed by atoms with Gasteiger partial charge in [-0.1, -0.05) is 29.8 Å². The van der Waals surface area contributed by atoms with Crippen molar-refractivity contribution in [1.82, 2.24) is 5.32 Å². The second-order valence-corrected chi connectivity index (χ2v) is 7.11. The van der Waals surface area contributed by atoms with Crippen LogP contribution in [0.4, 0.5) is 0 Å². The molecule has 1 amide bonds. The summed E-state index contributed by atoms with van der Waals surface area (Å²) in [6.45, 7) is -0.164. The summed E-state index contributed by atoms with van der Waals surface area (Å²) in [6.07, 6.45) is 0.657. The van der Waals surface area contributed by atoms with Crippen LogP contribution in [-0.2, 0) is 14.3 Å². The molecule has 0 aromatic heterocycles. The Hall–Kier alpha value is -2.25. The first-order chi connectivity index (χ1) is 13.0. The third-order valence-electron chi connectivity index (χ3n) is 3.90. The largest absolute Gasteiger partial charge is 0.493 e.